The molecule has 0 aliphatic rings. The quantitative estimate of drug-likeness (QED) is 0.385. The van der Waals surface area contributed by atoms with Crippen molar-refractivity contribution in [2.45, 2.75) is 52.4 Å². The Labute approximate surface area is 167 Å². The molecule has 0 aliphatic heterocycles. The van der Waals surface area contributed by atoms with Gasteiger partial charge in [0.15, 0.2) is 11.6 Å². The number of benzene rings is 3. The van der Waals surface area contributed by atoms with Gasteiger partial charge in [0, 0.05) is 5.56 Å². The van der Waals surface area contributed by atoms with Crippen LogP contribution in [-0.4, -0.2) is 0 Å². The molecule has 146 valence electrons. The fourth-order valence-corrected chi connectivity index (χ4v) is 3.59. The van der Waals surface area contributed by atoms with Crippen LogP contribution in [0.25, 0.3) is 11.1 Å². The van der Waals surface area contributed by atoms with Crippen molar-refractivity contribution in [1.82, 2.24) is 0 Å². The number of aryl methyl sites for hydroxylation is 4. The van der Waals surface area contributed by atoms with Crippen molar-refractivity contribution in [3.63, 3.8) is 0 Å². The molecule has 0 bridgehead atoms. The van der Waals surface area contributed by atoms with Gasteiger partial charge in [0.2, 0.25) is 0 Å². The molecule has 0 radical (unpaired) electrons. The topological polar surface area (TPSA) is 0 Å². The van der Waals surface area contributed by atoms with E-state index in [0.717, 1.165) is 31.2 Å². The maximum absolute atomic E-state index is 14.7. The first-order chi connectivity index (χ1) is 13.6. The van der Waals surface area contributed by atoms with Crippen molar-refractivity contribution in [2.75, 3.05) is 0 Å². The molecule has 3 aromatic rings. The van der Waals surface area contributed by atoms with Crippen LogP contribution in [0, 0.1) is 11.6 Å². The molecule has 0 atom stereocenters. The summed E-state index contributed by atoms with van der Waals surface area (Å²) in [6.07, 6.45) is 5.45. The molecule has 2 heteroatoms. The summed E-state index contributed by atoms with van der Waals surface area (Å²) in [6.45, 7) is 4.29. The first-order valence-corrected chi connectivity index (χ1v) is 10.3. The Hall–Kier alpha value is -2.48. The summed E-state index contributed by atoms with van der Waals surface area (Å²) >= 11 is 0. The van der Waals surface area contributed by atoms with Gasteiger partial charge >= 0.3 is 0 Å². The van der Waals surface area contributed by atoms with Crippen molar-refractivity contribution >= 4 is 0 Å². The van der Waals surface area contributed by atoms with Crippen molar-refractivity contribution < 1.29 is 8.78 Å². The lowest BCUT2D eigenvalue weighted by molar-refractivity contribution is 0.501. The highest BCUT2D eigenvalue weighted by molar-refractivity contribution is 5.65. The molecule has 28 heavy (non-hydrogen) atoms. The standard InChI is InChI=1S/C26H28F2/c1-3-5-19-7-9-21(10-8-19)13-16-23-17-18-24(26(28)25(23)27)22-14-11-20(6-4-2)12-15-22/h7-12,14-15,17-18H,3-6,13,16H2,1-2H3. The van der Waals surface area contributed by atoms with Crippen LogP contribution in [0.15, 0.2) is 60.7 Å². The number of hydrogen-bond donors (Lipinski definition) is 0. The van der Waals surface area contributed by atoms with Crippen LogP contribution in [-0.2, 0) is 25.7 Å². The van der Waals surface area contributed by atoms with E-state index in [1.54, 1.807) is 12.1 Å². The lowest BCUT2D eigenvalue weighted by Gasteiger charge is -2.10. The maximum atomic E-state index is 14.7. The molecule has 0 nitrogen and oxygen atoms in total. The summed E-state index contributed by atoms with van der Waals surface area (Å²) in [5.41, 5.74) is 5.16. The Morgan fingerprint density at radius 1 is 0.536 bits per heavy atom. The van der Waals surface area contributed by atoms with Crippen molar-refractivity contribution in [1.29, 1.82) is 0 Å². The third kappa shape index (κ3) is 4.86. The van der Waals surface area contributed by atoms with E-state index in [1.165, 1.54) is 11.1 Å². The molecule has 0 unspecified atom stereocenters. The fourth-order valence-electron chi connectivity index (χ4n) is 3.59. The highest BCUT2D eigenvalue weighted by atomic mass is 19.2. The van der Waals surface area contributed by atoms with Crippen LogP contribution in [0.4, 0.5) is 8.78 Å². The molecule has 0 aromatic heterocycles. The zero-order valence-electron chi connectivity index (χ0n) is 16.8. The predicted octanol–water partition coefficient (Wildman–Crippen LogP) is 7.32. The summed E-state index contributed by atoms with van der Waals surface area (Å²) in [5, 5.41) is 0. The van der Waals surface area contributed by atoms with Gasteiger partial charge in [-0.3, -0.25) is 0 Å². The first-order valence-electron chi connectivity index (χ1n) is 10.3. The van der Waals surface area contributed by atoms with E-state index in [4.69, 9.17) is 0 Å². The van der Waals surface area contributed by atoms with Gasteiger partial charge in [0.1, 0.15) is 0 Å². The van der Waals surface area contributed by atoms with E-state index < -0.39 is 11.6 Å². The zero-order chi connectivity index (χ0) is 19.9. The SMILES string of the molecule is CCCc1ccc(CCc2ccc(-c3ccc(CCC)cc3)c(F)c2F)cc1. The van der Waals surface area contributed by atoms with E-state index in [-0.39, 0.29) is 0 Å². The van der Waals surface area contributed by atoms with E-state index in [0.29, 0.717) is 29.5 Å². The smallest absolute Gasteiger partial charge is 0.166 e. The van der Waals surface area contributed by atoms with Gasteiger partial charge in [-0.15, -0.1) is 0 Å². The molecule has 0 aliphatic carbocycles. The van der Waals surface area contributed by atoms with Crippen LogP contribution in [0.5, 0.6) is 0 Å². The second-order valence-electron chi connectivity index (χ2n) is 7.41. The van der Waals surface area contributed by atoms with Gasteiger partial charge in [0.25, 0.3) is 0 Å². The van der Waals surface area contributed by atoms with Crippen molar-refractivity contribution in [3.05, 3.63) is 94.6 Å². The normalized spacial score (nSPS) is 11.0. The van der Waals surface area contributed by atoms with Crippen LogP contribution in [0.3, 0.4) is 0 Å². The second kappa shape index (κ2) is 9.64. The number of halogens is 2. The van der Waals surface area contributed by atoms with Crippen LogP contribution >= 0.6 is 0 Å². The Morgan fingerprint density at radius 2 is 1.04 bits per heavy atom. The molecular weight excluding hydrogens is 350 g/mol. The minimum absolute atomic E-state index is 0.327. The molecule has 0 heterocycles. The molecule has 3 aromatic carbocycles. The highest BCUT2D eigenvalue weighted by Crippen LogP contribution is 2.27. The average molecular weight is 379 g/mol. The van der Waals surface area contributed by atoms with Gasteiger partial charge in [0.05, 0.1) is 0 Å². The van der Waals surface area contributed by atoms with E-state index in [9.17, 15) is 8.78 Å². The molecule has 0 fully saturated rings. The third-order valence-electron chi connectivity index (χ3n) is 5.21. The van der Waals surface area contributed by atoms with Gasteiger partial charge in [-0.25, -0.2) is 8.78 Å². The van der Waals surface area contributed by atoms with E-state index in [2.05, 4.69) is 38.1 Å². The highest BCUT2D eigenvalue weighted by Gasteiger charge is 2.14. The predicted molar refractivity (Wildman–Crippen MR) is 114 cm³/mol. The summed E-state index contributed by atoms with van der Waals surface area (Å²) in [7, 11) is 0. The first kappa shape index (κ1) is 20.3. The average Bonchev–Trinajstić information content (AvgIpc) is 2.71. The minimum Gasteiger partial charge on any atom is -0.203 e. The summed E-state index contributed by atoms with van der Waals surface area (Å²) < 4.78 is 29.3. The summed E-state index contributed by atoms with van der Waals surface area (Å²) in [5.74, 6) is -1.48. The van der Waals surface area contributed by atoms with E-state index >= 15 is 0 Å². The largest absolute Gasteiger partial charge is 0.203 e. The Kier molecular flexibility index (Phi) is 6.97. The van der Waals surface area contributed by atoms with Crippen LogP contribution in [0.1, 0.15) is 48.9 Å². The molecule has 0 N–H and O–H groups in total. The lowest BCUT2D eigenvalue weighted by atomic mass is 9.97. The fraction of sp³-hybridized carbons (Fsp3) is 0.308. The monoisotopic (exact) mass is 378 g/mol. The third-order valence-corrected chi connectivity index (χ3v) is 5.21. The van der Waals surface area contributed by atoms with Crippen molar-refractivity contribution in [3.8, 4) is 11.1 Å². The Bertz CT molecular complexity index is 893. The molecule has 0 saturated heterocycles. The lowest BCUT2D eigenvalue weighted by Crippen LogP contribution is -2.00. The van der Waals surface area contributed by atoms with E-state index in [1.807, 2.05) is 24.3 Å². The Balaban J connectivity index is 1.72. The molecule has 0 amide bonds. The van der Waals surface area contributed by atoms with Gasteiger partial charge in [-0.05, 0) is 53.5 Å². The second-order valence-corrected chi connectivity index (χ2v) is 7.41. The zero-order valence-corrected chi connectivity index (χ0v) is 16.8. The van der Waals surface area contributed by atoms with Gasteiger partial charge in [-0.1, -0.05) is 87.4 Å². The minimum atomic E-state index is -0.751. The molecule has 0 saturated carbocycles. The summed E-state index contributed by atoms with van der Waals surface area (Å²) in [4.78, 5) is 0. The van der Waals surface area contributed by atoms with Gasteiger partial charge < -0.3 is 0 Å². The van der Waals surface area contributed by atoms with Gasteiger partial charge in [-0.2, -0.15) is 0 Å². The van der Waals surface area contributed by atoms with Crippen LogP contribution in [0.2, 0.25) is 0 Å². The molecular formula is C26H28F2. The summed E-state index contributed by atoms with van der Waals surface area (Å²) in [6, 6.07) is 19.6. The van der Waals surface area contributed by atoms with Crippen molar-refractivity contribution in [2.24, 2.45) is 0 Å². The Morgan fingerprint density at radius 3 is 1.57 bits per heavy atom. The molecule has 0 spiro atoms. The number of rotatable bonds is 8. The number of hydrogen-bond acceptors (Lipinski definition) is 0. The van der Waals surface area contributed by atoms with Crippen LogP contribution < -0.4 is 0 Å². The maximum Gasteiger partial charge on any atom is 0.166 e. The molecule has 3 rings (SSSR count).